The number of nitrogens with two attached hydrogens (primary N) is 1. The van der Waals surface area contributed by atoms with Gasteiger partial charge in [0.05, 0.1) is 13.2 Å². The molecule has 170 valence electrons. The highest BCUT2D eigenvalue weighted by atomic mass is 16.5. The molecule has 2 aromatic carbocycles. The number of hydrogen-bond acceptors (Lipinski definition) is 5. The Morgan fingerprint density at radius 2 is 1.70 bits per heavy atom. The van der Waals surface area contributed by atoms with Crippen LogP contribution in [0.5, 0.6) is 0 Å². The summed E-state index contributed by atoms with van der Waals surface area (Å²) in [5.41, 5.74) is 13.3. The lowest BCUT2D eigenvalue weighted by molar-refractivity contribution is -0.0118. The number of carbonyl (C=O) groups excluding carboxylic acids is 1. The fourth-order valence-electron chi connectivity index (χ4n) is 4.84. The number of nitrogens with zero attached hydrogens (tertiary/aromatic N) is 2. The van der Waals surface area contributed by atoms with E-state index in [9.17, 15) is 4.79 Å². The molecule has 6 heteroatoms. The third-order valence-electron chi connectivity index (χ3n) is 6.99. The van der Waals surface area contributed by atoms with Gasteiger partial charge in [-0.25, -0.2) is 4.98 Å². The highest BCUT2D eigenvalue weighted by Crippen LogP contribution is 2.33. The summed E-state index contributed by atoms with van der Waals surface area (Å²) in [4.78, 5) is 19.0. The van der Waals surface area contributed by atoms with Crippen molar-refractivity contribution in [1.29, 1.82) is 0 Å². The number of anilines is 1. The minimum Gasteiger partial charge on any atom is -0.383 e. The molecule has 2 aliphatic rings. The lowest BCUT2D eigenvalue weighted by atomic mass is 9.90. The Hall–Kier alpha value is -3.22. The molecule has 3 heterocycles. The molecule has 6 nitrogen and oxygen atoms in total. The number of ether oxygens (including phenoxy) is 1. The van der Waals surface area contributed by atoms with Crippen molar-refractivity contribution in [3.05, 3.63) is 71.4 Å². The topological polar surface area (TPSA) is 80.5 Å². The van der Waals surface area contributed by atoms with E-state index in [4.69, 9.17) is 10.5 Å². The van der Waals surface area contributed by atoms with Crippen molar-refractivity contribution in [3.8, 4) is 22.3 Å². The minimum absolute atomic E-state index is 0.0114. The van der Waals surface area contributed by atoms with Gasteiger partial charge in [-0.05, 0) is 54.7 Å². The monoisotopic (exact) mass is 442 g/mol. The van der Waals surface area contributed by atoms with E-state index in [0.29, 0.717) is 12.4 Å². The number of fused-ring (bicyclic) bond motifs is 1. The van der Waals surface area contributed by atoms with Gasteiger partial charge in [0.15, 0.2) is 0 Å². The first-order chi connectivity index (χ1) is 15.9. The number of morpholine rings is 1. The zero-order valence-corrected chi connectivity index (χ0v) is 19.2. The average molecular weight is 443 g/mol. The van der Waals surface area contributed by atoms with Crippen molar-refractivity contribution in [2.75, 3.05) is 38.6 Å². The molecule has 0 spiro atoms. The second-order valence-electron chi connectivity index (χ2n) is 9.27. The Bertz CT molecular complexity index is 1180. The van der Waals surface area contributed by atoms with Gasteiger partial charge in [-0.15, -0.1) is 0 Å². The van der Waals surface area contributed by atoms with E-state index in [-0.39, 0.29) is 11.4 Å². The molecule has 0 saturated carbocycles. The standard InChI is InChI=1S/C27H30N4O2/c1-27(2,31-11-13-33-14-12-31)22-6-3-18(4-7-22)21-16-24(25(28)30-17-21)19-5-8-23-20(15-19)9-10-29-26(23)32/h3-8,15-17H,9-14H2,1-2H3,(H2,28,30)(H,29,32). The molecule has 3 aromatic rings. The summed E-state index contributed by atoms with van der Waals surface area (Å²) in [6.45, 7) is 8.67. The van der Waals surface area contributed by atoms with Gasteiger partial charge in [-0.2, -0.15) is 0 Å². The van der Waals surface area contributed by atoms with Crippen LogP contribution in [0.2, 0.25) is 0 Å². The zero-order chi connectivity index (χ0) is 23.0. The third kappa shape index (κ3) is 4.12. The average Bonchev–Trinajstić information content (AvgIpc) is 2.85. The Kier molecular flexibility index (Phi) is 5.64. The number of amides is 1. The first-order valence-corrected chi connectivity index (χ1v) is 11.5. The number of benzene rings is 2. The van der Waals surface area contributed by atoms with Gasteiger partial charge < -0.3 is 15.8 Å². The molecule has 0 aliphatic carbocycles. The maximum atomic E-state index is 12.1. The van der Waals surface area contributed by atoms with E-state index in [1.54, 1.807) is 0 Å². The van der Waals surface area contributed by atoms with Crippen molar-refractivity contribution < 1.29 is 9.53 Å². The van der Waals surface area contributed by atoms with E-state index >= 15 is 0 Å². The van der Waals surface area contributed by atoms with Gasteiger partial charge >= 0.3 is 0 Å². The molecule has 1 amide bonds. The van der Waals surface area contributed by atoms with Crippen molar-refractivity contribution in [2.45, 2.75) is 25.8 Å². The molecule has 0 unspecified atom stereocenters. The number of carbonyl (C=O) groups is 1. The third-order valence-corrected chi connectivity index (χ3v) is 6.99. The van der Waals surface area contributed by atoms with E-state index in [2.05, 4.69) is 65.4 Å². The van der Waals surface area contributed by atoms with Crippen LogP contribution in [0.3, 0.4) is 0 Å². The number of hydrogen-bond donors (Lipinski definition) is 2. The van der Waals surface area contributed by atoms with Gasteiger partial charge in [0.2, 0.25) is 0 Å². The molecule has 5 rings (SSSR count). The molecule has 0 radical (unpaired) electrons. The van der Waals surface area contributed by atoms with Crippen LogP contribution < -0.4 is 11.1 Å². The second-order valence-corrected chi connectivity index (χ2v) is 9.27. The number of nitrogens with one attached hydrogen (secondary N) is 1. The van der Waals surface area contributed by atoms with Crippen LogP contribution in [-0.2, 0) is 16.7 Å². The van der Waals surface area contributed by atoms with Gasteiger partial charge in [0, 0.05) is 48.1 Å². The smallest absolute Gasteiger partial charge is 0.251 e. The van der Waals surface area contributed by atoms with Crippen LogP contribution in [0, 0.1) is 0 Å². The first-order valence-electron chi connectivity index (χ1n) is 11.5. The molecule has 3 N–H and O–H groups in total. The summed E-state index contributed by atoms with van der Waals surface area (Å²) in [7, 11) is 0. The summed E-state index contributed by atoms with van der Waals surface area (Å²) in [5.74, 6) is 0.478. The van der Waals surface area contributed by atoms with E-state index < -0.39 is 0 Å². The highest BCUT2D eigenvalue weighted by Gasteiger charge is 2.29. The van der Waals surface area contributed by atoms with Crippen LogP contribution in [-0.4, -0.2) is 48.6 Å². The Morgan fingerprint density at radius 3 is 2.45 bits per heavy atom. The Labute approximate surface area is 194 Å². The van der Waals surface area contributed by atoms with Crippen molar-refractivity contribution in [2.24, 2.45) is 0 Å². The maximum absolute atomic E-state index is 12.1. The lowest BCUT2D eigenvalue weighted by Crippen LogP contribution is -2.47. The van der Waals surface area contributed by atoms with Gasteiger partial charge in [0.25, 0.3) is 5.91 Å². The summed E-state index contributed by atoms with van der Waals surface area (Å²) in [6.07, 6.45) is 2.65. The fourth-order valence-corrected chi connectivity index (χ4v) is 4.84. The lowest BCUT2D eigenvalue weighted by Gasteiger charge is -2.41. The van der Waals surface area contributed by atoms with E-state index in [1.807, 2.05) is 18.3 Å². The molecule has 2 aliphatic heterocycles. The highest BCUT2D eigenvalue weighted by molar-refractivity contribution is 5.97. The fraction of sp³-hybridized carbons (Fsp3) is 0.333. The van der Waals surface area contributed by atoms with Crippen molar-refractivity contribution in [1.82, 2.24) is 15.2 Å². The normalized spacial score (nSPS) is 16.8. The SMILES string of the molecule is CC(C)(c1ccc(-c2cnc(N)c(-c3ccc4c(c3)CCNC4=O)c2)cc1)N1CCOCC1. The number of aromatic nitrogens is 1. The quantitative estimate of drug-likeness (QED) is 0.642. The largest absolute Gasteiger partial charge is 0.383 e. The molecule has 33 heavy (non-hydrogen) atoms. The molecule has 1 aromatic heterocycles. The van der Waals surface area contributed by atoms with Crippen molar-refractivity contribution >= 4 is 11.7 Å². The number of rotatable bonds is 4. The number of pyridine rings is 1. The van der Waals surface area contributed by atoms with Crippen LogP contribution in [0.4, 0.5) is 5.82 Å². The molecule has 1 fully saturated rings. The minimum atomic E-state index is -0.0533. The number of nitrogen functional groups attached to an aromatic ring is 1. The molecular weight excluding hydrogens is 412 g/mol. The van der Waals surface area contributed by atoms with Gasteiger partial charge in [-0.3, -0.25) is 9.69 Å². The van der Waals surface area contributed by atoms with Crippen LogP contribution in [0.25, 0.3) is 22.3 Å². The summed E-state index contributed by atoms with van der Waals surface area (Å²) in [5, 5.41) is 2.89. The maximum Gasteiger partial charge on any atom is 0.251 e. The molecule has 0 bridgehead atoms. The van der Waals surface area contributed by atoms with E-state index in [1.165, 1.54) is 5.56 Å². The van der Waals surface area contributed by atoms with Gasteiger partial charge in [-0.1, -0.05) is 36.4 Å². The predicted molar refractivity (Wildman–Crippen MR) is 131 cm³/mol. The molecule has 0 atom stereocenters. The predicted octanol–water partition coefficient (Wildman–Crippen LogP) is 3.85. The van der Waals surface area contributed by atoms with Crippen LogP contribution in [0.1, 0.15) is 35.3 Å². The van der Waals surface area contributed by atoms with E-state index in [0.717, 1.165) is 66.1 Å². The molecule has 1 saturated heterocycles. The summed E-state index contributed by atoms with van der Waals surface area (Å²) >= 11 is 0. The van der Waals surface area contributed by atoms with Crippen LogP contribution >= 0.6 is 0 Å². The summed E-state index contributed by atoms with van der Waals surface area (Å²) in [6, 6.07) is 16.7. The second kappa shape index (κ2) is 8.61. The van der Waals surface area contributed by atoms with Crippen molar-refractivity contribution in [3.63, 3.8) is 0 Å². The first kappa shape index (κ1) is 21.6. The zero-order valence-electron chi connectivity index (χ0n) is 19.2. The van der Waals surface area contributed by atoms with Crippen LogP contribution in [0.15, 0.2) is 54.7 Å². The summed E-state index contributed by atoms with van der Waals surface area (Å²) < 4.78 is 5.52. The Morgan fingerprint density at radius 1 is 0.970 bits per heavy atom. The van der Waals surface area contributed by atoms with Gasteiger partial charge in [0.1, 0.15) is 5.82 Å². The molecular formula is C27H30N4O2. The Balaban J connectivity index is 1.44.